The lowest BCUT2D eigenvalue weighted by Gasteiger charge is -2.21. The first kappa shape index (κ1) is 16.1. The van der Waals surface area contributed by atoms with Crippen molar-refractivity contribution in [1.82, 2.24) is 15.2 Å². The van der Waals surface area contributed by atoms with Gasteiger partial charge in [-0.2, -0.15) is 0 Å². The van der Waals surface area contributed by atoms with Crippen molar-refractivity contribution in [2.24, 2.45) is 5.16 Å². The van der Waals surface area contributed by atoms with Crippen molar-refractivity contribution in [1.29, 1.82) is 0 Å². The highest BCUT2D eigenvalue weighted by Crippen LogP contribution is 2.34. The highest BCUT2D eigenvalue weighted by molar-refractivity contribution is 6.39. The molecular formula is C17H22N4O4. The second-order valence-electron chi connectivity index (χ2n) is 6.89. The van der Waals surface area contributed by atoms with Crippen molar-refractivity contribution in [3.8, 4) is 0 Å². The number of carbonyl (C=O) groups excluding carboxylic acids is 2. The van der Waals surface area contributed by atoms with Gasteiger partial charge in [0, 0.05) is 38.7 Å². The Labute approximate surface area is 145 Å². The molecule has 1 aromatic rings. The molecule has 1 aromatic heterocycles. The van der Waals surface area contributed by atoms with Gasteiger partial charge >= 0.3 is 0 Å². The molecule has 0 bridgehead atoms. The van der Waals surface area contributed by atoms with Gasteiger partial charge in [-0.1, -0.05) is 5.16 Å². The molecule has 3 aliphatic rings. The summed E-state index contributed by atoms with van der Waals surface area (Å²) in [6, 6.07) is 3.55. The van der Waals surface area contributed by atoms with E-state index in [1.54, 1.807) is 23.2 Å². The molecule has 3 aliphatic heterocycles. The molecule has 0 saturated carbocycles. The Morgan fingerprint density at radius 1 is 1.48 bits per heavy atom. The van der Waals surface area contributed by atoms with E-state index in [-0.39, 0.29) is 17.9 Å². The van der Waals surface area contributed by atoms with Crippen molar-refractivity contribution in [3.05, 3.63) is 24.0 Å². The number of rotatable bonds is 4. The van der Waals surface area contributed by atoms with E-state index in [9.17, 15) is 9.59 Å². The highest BCUT2D eigenvalue weighted by atomic mass is 16.7. The minimum absolute atomic E-state index is 0.0539. The maximum absolute atomic E-state index is 12.4. The van der Waals surface area contributed by atoms with Crippen molar-refractivity contribution in [2.75, 3.05) is 26.2 Å². The molecule has 1 spiro atoms. The number of oxime groups is 1. The van der Waals surface area contributed by atoms with Gasteiger partial charge in [0.1, 0.15) is 11.4 Å². The number of aromatic amines is 1. The van der Waals surface area contributed by atoms with Gasteiger partial charge in [0.2, 0.25) is 0 Å². The third kappa shape index (κ3) is 3.26. The largest absolute Gasteiger partial charge is 0.386 e. The maximum Gasteiger partial charge on any atom is 0.270 e. The van der Waals surface area contributed by atoms with Gasteiger partial charge in [-0.25, -0.2) is 0 Å². The second-order valence-corrected chi connectivity index (χ2v) is 6.89. The Hall–Kier alpha value is -2.35. The summed E-state index contributed by atoms with van der Waals surface area (Å²) in [7, 11) is 0. The monoisotopic (exact) mass is 346 g/mol. The average molecular weight is 346 g/mol. The summed E-state index contributed by atoms with van der Waals surface area (Å²) in [5, 5.41) is 6.86. The van der Waals surface area contributed by atoms with Gasteiger partial charge in [-0.3, -0.25) is 9.59 Å². The van der Waals surface area contributed by atoms with Crippen molar-refractivity contribution < 1.29 is 19.2 Å². The zero-order valence-electron chi connectivity index (χ0n) is 14.0. The highest BCUT2D eigenvalue weighted by Gasteiger charge is 2.48. The van der Waals surface area contributed by atoms with Gasteiger partial charge in [-0.15, -0.1) is 0 Å². The molecule has 0 radical (unpaired) electrons. The number of amides is 2. The van der Waals surface area contributed by atoms with Crippen LogP contribution < -0.4 is 5.32 Å². The Kier molecular flexibility index (Phi) is 4.20. The van der Waals surface area contributed by atoms with Gasteiger partial charge in [0.25, 0.3) is 11.8 Å². The van der Waals surface area contributed by atoms with E-state index in [2.05, 4.69) is 15.5 Å². The lowest BCUT2D eigenvalue weighted by molar-refractivity contribution is -0.115. The fourth-order valence-corrected chi connectivity index (χ4v) is 3.63. The average Bonchev–Trinajstić information content (AvgIpc) is 3.41. The molecule has 2 amide bonds. The SMILES string of the molecule is O=C(NCC1CCCO1)C1=NOC2(CCN(C(=O)c3ccc[nH]3)C2)C1. The number of carbonyl (C=O) groups is 2. The summed E-state index contributed by atoms with van der Waals surface area (Å²) >= 11 is 0. The predicted octanol–water partition coefficient (Wildman–Crippen LogP) is 0.671. The fourth-order valence-electron chi connectivity index (χ4n) is 3.63. The molecule has 25 heavy (non-hydrogen) atoms. The van der Waals surface area contributed by atoms with Crippen LogP contribution in [0.15, 0.2) is 23.5 Å². The second kappa shape index (κ2) is 6.51. The molecule has 0 aliphatic carbocycles. The Morgan fingerprint density at radius 2 is 2.40 bits per heavy atom. The molecule has 2 fully saturated rings. The molecule has 8 heteroatoms. The van der Waals surface area contributed by atoms with E-state index in [0.717, 1.165) is 19.4 Å². The van der Waals surface area contributed by atoms with Crippen molar-refractivity contribution >= 4 is 17.5 Å². The van der Waals surface area contributed by atoms with Gasteiger partial charge in [0.05, 0.1) is 12.6 Å². The molecule has 2 atom stereocenters. The lowest BCUT2D eigenvalue weighted by atomic mass is 9.96. The zero-order chi connectivity index (χ0) is 17.3. The summed E-state index contributed by atoms with van der Waals surface area (Å²) < 4.78 is 5.50. The van der Waals surface area contributed by atoms with Crippen LogP contribution in [0.2, 0.25) is 0 Å². The van der Waals surface area contributed by atoms with E-state index >= 15 is 0 Å². The minimum Gasteiger partial charge on any atom is -0.386 e. The summed E-state index contributed by atoms with van der Waals surface area (Å²) in [6.07, 6.45) is 4.94. The summed E-state index contributed by atoms with van der Waals surface area (Å²) in [5.41, 5.74) is 0.386. The third-order valence-electron chi connectivity index (χ3n) is 5.05. The maximum atomic E-state index is 12.4. The molecule has 134 valence electrons. The standard InChI is InChI=1S/C17H22N4O4/c22-15(19-10-12-3-2-8-24-12)14-9-17(25-20-14)5-7-21(11-17)16(23)13-4-1-6-18-13/h1,4,6,12,18H,2-3,5,7-11H2,(H,19,22). The number of hydrogen-bond acceptors (Lipinski definition) is 5. The first-order chi connectivity index (χ1) is 12.2. The number of nitrogens with one attached hydrogen (secondary N) is 2. The van der Waals surface area contributed by atoms with Crippen LogP contribution in [0, 0.1) is 0 Å². The van der Waals surface area contributed by atoms with Crippen LogP contribution in [0.4, 0.5) is 0 Å². The fraction of sp³-hybridized carbons (Fsp3) is 0.588. The quantitative estimate of drug-likeness (QED) is 0.838. The minimum atomic E-state index is -0.571. The third-order valence-corrected chi connectivity index (χ3v) is 5.05. The Bertz CT molecular complexity index is 681. The zero-order valence-corrected chi connectivity index (χ0v) is 14.0. The van der Waals surface area contributed by atoms with E-state index in [4.69, 9.17) is 9.57 Å². The topological polar surface area (TPSA) is 96.0 Å². The molecular weight excluding hydrogens is 324 g/mol. The molecule has 8 nitrogen and oxygen atoms in total. The number of H-pyrrole nitrogens is 1. The summed E-state index contributed by atoms with van der Waals surface area (Å²) in [4.78, 5) is 35.0. The smallest absolute Gasteiger partial charge is 0.270 e. The molecule has 2 N–H and O–H groups in total. The first-order valence-corrected chi connectivity index (χ1v) is 8.73. The molecule has 4 rings (SSSR count). The van der Waals surface area contributed by atoms with Gasteiger partial charge in [0.15, 0.2) is 5.60 Å². The Balaban J connectivity index is 1.30. The van der Waals surface area contributed by atoms with Crippen molar-refractivity contribution in [3.63, 3.8) is 0 Å². The van der Waals surface area contributed by atoms with Crippen LogP contribution in [0.3, 0.4) is 0 Å². The Morgan fingerprint density at radius 3 is 3.16 bits per heavy atom. The molecule has 2 unspecified atom stereocenters. The first-order valence-electron chi connectivity index (χ1n) is 8.73. The van der Waals surface area contributed by atoms with Crippen LogP contribution in [0.5, 0.6) is 0 Å². The van der Waals surface area contributed by atoms with Crippen LogP contribution in [0.25, 0.3) is 0 Å². The number of aromatic nitrogens is 1. The van der Waals surface area contributed by atoms with Crippen molar-refractivity contribution in [2.45, 2.75) is 37.4 Å². The van der Waals surface area contributed by atoms with E-state index < -0.39 is 5.60 Å². The van der Waals surface area contributed by atoms with E-state index in [1.807, 2.05) is 0 Å². The lowest BCUT2D eigenvalue weighted by Crippen LogP contribution is -2.40. The van der Waals surface area contributed by atoms with Crippen LogP contribution in [-0.4, -0.2) is 65.4 Å². The summed E-state index contributed by atoms with van der Waals surface area (Å²) in [6.45, 7) is 2.30. The van der Waals surface area contributed by atoms with E-state index in [1.165, 1.54) is 0 Å². The number of nitrogens with zero attached hydrogens (tertiary/aromatic N) is 2. The molecule has 4 heterocycles. The van der Waals surface area contributed by atoms with Gasteiger partial charge in [-0.05, 0) is 25.0 Å². The van der Waals surface area contributed by atoms with E-state index in [0.29, 0.717) is 43.9 Å². The normalized spacial score (nSPS) is 28.2. The number of likely N-dealkylation sites (tertiary alicyclic amines) is 1. The number of ether oxygens (including phenoxy) is 1. The molecule has 0 aromatic carbocycles. The van der Waals surface area contributed by atoms with Gasteiger partial charge < -0.3 is 24.8 Å². The predicted molar refractivity (Wildman–Crippen MR) is 89.2 cm³/mol. The van der Waals surface area contributed by atoms with Crippen LogP contribution in [-0.2, 0) is 14.4 Å². The van der Waals surface area contributed by atoms with Crippen LogP contribution in [0.1, 0.15) is 36.2 Å². The summed E-state index contributed by atoms with van der Waals surface area (Å²) in [5.74, 6) is -0.261. The van der Waals surface area contributed by atoms with Crippen LogP contribution >= 0.6 is 0 Å². The number of hydrogen-bond donors (Lipinski definition) is 2. The molecule has 2 saturated heterocycles.